The van der Waals surface area contributed by atoms with E-state index in [-0.39, 0.29) is 5.78 Å². The fourth-order valence-electron chi connectivity index (χ4n) is 2.60. The number of ketones is 1. The fraction of sp³-hybridized carbons (Fsp3) is 0.533. The summed E-state index contributed by atoms with van der Waals surface area (Å²) in [5.41, 5.74) is 0.558. The molecule has 1 unspecified atom stereocenters. The molecule has 1 fully saturated rings. The zero-order chi connectivity index (χ0) is 14.7. The number of benzene rings is 1. The lowest BCUT2D eigenvalue weighted by Crippen LogP contribution is -2.46. The molecule has 0 spiro atoms. The molecule has 0 aromatic heterocycles. The number of carbonyl (C=O) groups excluding carboxylic acids is 1. The topological polar surface area (TPSA) is 23.6 Å². The minimum atomic E-state index is 0.0612. The van der Waals surface area contributed by atoms with Gasteiger partial charge in [-0.25, -0.2) is 0 Å². The third-order valence-electron chi connectivity index (χ3n) is 3.81. The van der Waals surface area contributed by atoms with Gasteiger partial charge in [-0.05, 0) is 51.7 Å². The number of hydrogen-bond acceptors (Lipinski definition) is 3. The standard InChI is InChI=1S/C15H20Cl2N2O/c1-18(2)12-4-3-7-19(9-12)10-15(20)13-6-5-11(16)8-14(13)17/h5-6,8,12H,3-4,7,9-10H2,1-2H3. The number of piperidine rings is 1. The first-order valence-corrected chi connectivity index (χ1v) is 7.60. The van der Waals surface area contributed by atoms with E-state index in [4.69, 9.17) is 23.2 Å². The van der Waals surface area contributed by atoms with Crippen LogP contribution >= 0.6 is 23.2 Å². The van der Waals surface area contributed by atoms with Gasteiger partial charge in [0.05, 0.1) is 11.6 Å². The predicted octanol–water partition coefficient (Wildman–Crippen LogP) is 3.20. The first-order chi connectivity index (χ1) is 9.47. The molecule has 2 rings (SSSR count). The minimum absolute atomic E-state index is 0.0612. The van der Waals surface area contributed by atoms with Crippen molar-refractivity contribution < 1.29 is 4.79 Å². The molecule has 20 heavy (non-hydrogen) atoms. The summed E-state index contributed by atoms with van der Waals surface area (Å²) in [5, 5.41) is 0.987. The lowest BCUT2D eigenvalue weighted by Gasteiger charge is -2.35. The molecule has 110 valence electrons. The second kappa shape index (κ2) is 6.90. The molecule has 0 radical (unpaired) electrons. The van der Waals surface area contributed by atoms with Crippen LogP contribution in [0.25, 0.3) is 0 Å². The highest BCUT2D eigenvalue weighted by Gasteiger charge is 2.23. The van der Waals surface area contributed by atoms with Crippen molar-refractivity contribution in [2.75, 3.05) is 33.7 Å². The molecule has 5 heteroatoms. The van der Waals surface area contributed by atoms with Crippen LogP contribution in [0.3, 0.4) is 0 Å². The molecule has 1 aromatic rings. The monoisotopic (exact) mass is 314 g/mol. The van der Waals surface area contributed by atoms with Gasteiger partial charge in [0.15, 0.2) is 5.78 Å². The first-order valence-electron chi connectivity index (χ1n) is 6.84. The van der Waals surface area contributed by atoms with Crippen LogP contribution in [0.4, 0.5) is 0 Å². The average Bonchev–Trinajstić information content (AvgIpc) is 2.38. The third-order valence-corrected chi connectivity index (χ3v) is 4.36. The Hall–Kier alpha value is -0.610. The highest BCUT2D eigenvalue weighted by atomic mass is 35.5. The summed E-state index contributed by atoms with van der Waals surface area (Å²) in [4.78, 5) is 16.8. The molecule has 0 aliphatic carbocycles. The van der Waals surface area contributed by atoms with E-state index in [0.717, 1.165) is 19.5 Å². The van der Waals surface area contributed by atoms with Gasteiger partial charge in [0.1, 0.15) is 0 Å². The number of likely N-dealkylation sites (tertiary alicyclic amines) is 1. The Bertz CT molecular complexity index is 491. The van der Waals surface area contributed by atoms with Gasteiger partial charge in [-0.1, -0.05) is 23.2 Å². The maximum absolute atomic E-state index is 12.3. The second-order valence-electron chi connectivity index (χ2n) is 5.54. The molecule has 0 bridgehead atoms. The van der Waals surface area contributed by atoms with Crippen molar-refractivity contribution in [3.05, 3.63) is 33.8 Å². The van der Waals surface area contributed by atoms with E-state index in [1.807, 2.05) is 0 Å². The lowest BCUT2D eigenvalue weighted by atomic mass is 10.0. The summed E-state index contributed by atoms with van der Waals surface area (Å²) >= 11 is 11.9. The number of likely N-dealkylation sites (N-methyl/N-ethyl adjacent to an activating group) is 1. The van der Waals surface area contributed by atoms with Crippen molar-refractivity contribution >= 4 is 29.0 Å². The van der Waals surface area contributed by atoms with Gasteiger partial charge in [-0.2, -0.15) is 0 Å². The summed E-state index contributed by atoms with van der Waals surface area (Å²) in [5.74, 6) is 0.0612. The molecule has 0 N–H and O–H groups in total. The van der Waals surface area contributed by atoms with Crippen molar-refractivity contribution in [2.45, 2.75) is 18.9 Å². The van der Waals surface area contributed by atoms with E-state index >= 15 is 0 Å². The number of halogens is 2. The normalized spacial score (nSPS) is 20.4. The van der Waals surface area contributed by atoms with Gasteiger partial charge in [0.25, 0.3) is 0 Å². The van der Waals surface area contributed by atoms with Gasteiger partial charge in [0.2, 0.25) is 0 Å². The predicted molar refractivity (Wildman–Crippen MR) is 83.9 cm³/mol. The number of Topliss-reactive ketones (excluding diaryl/α,β-unsaturated/α-hetero) is 1. The molecular formula is C15H20Cl2N2O. The second-order valence-corrected chi connectivity index (χ2v) is 6.39. The Balaban J connectivity index is 2.00. The summed E-state index contributed by atoms with van der Waals surface area (Å²) in [6.07, 6.45) is 2.32. The van der Waals surface area contributed by atoms with E-state index < -0.39 is 0 Å². The van der Waals surface area contributed by atoms with Crippen LogP contribution in [0.15, 0.2) is 18.2 Å². The van der Waals surface area contributed by atoms with E-state index in [1.54, 1.807) is 18.2 Å². The SMILES string of the molecule is CN(C)C1CCCN(CC(=O)c2ccc(Cl)cc2Cl)C1. The summed E-state index contributed by atoms with van der Waals surface area (Å²) in [7, 11) is 4.18. The molecule has 3 nitrogen and oxygen atoms in total. The Kier molecular flexibility index (Phi) is 5.44. The van der Waals surface area contributed by atoms with Gasteiger partial charge >= 0.3 is 0 Å². The van der Waals surface area contributed by atoms with Crippen LogP contribution in [-0.2, 0) is 0 Å². The lowest BCUT2D eigenvalue weighted by molar-refractivity contribution is 0.0852. The molecule has 0 saturated carbocycles. The Morgan fingerprint density at radius 3 is 2.80 bits per heavy atom. The minimum Gasteiger partial charge on any atom is -0.305 e. The third kappa shape index (κ3) is 3.95. The molecule has 1 heterocycles. The molecule has 1 aliphatic rings. The van der Waals surface area contributed by atoms with Gasteiger partial charge in [-0.15, -0.1) is 0 Å². The quantitative estimate of drug-likeness (QED) is 0.797. The van der Waals surface area contributed by atoms with Crippen molar-refractivity contribution in [1.82, 2.24) is 9.80 Å². The first kappa shape index (κ1) is 15.8. The van der Waals surface area contributed by atoms with E-state index in [9.17, 15) is 4.79 Å². The Morgan fingerprint density at radius 1 is 1.40 bits per heavy atom. The van der Waals surface area contributed by atoms with Crippen LogP contribution < -0.4 is 0 Å². The van der Waals surface area contributed by atoms with Crippen molar-refractivity contribution in [3.8, 4) is 0 Å². The number of nitrogens with zero attached hydrogens (tertiary/aromatic N) is 2. The molecule has 1 saturated heterocycles. The zero-order valence-electron chi connectivity index (χ0n) is 11.9. The van der Waals surface area contributed by atoms with Crippen LogP contribution in [-0.4, -0.2) is 55.4 Å². The Labute approximate surface area is 130 Å². The highest BCUT2D eigenvalue weighted by molar-refractivity contribution is 6.36. The van der Waals surface area contributed by atoms with E-state index in [2.05, 4.69) is 23.9 Å². The Morgan fingerprint density at radius 2 is 2.15 bits per heavy atom. The smallest absolute Gasteiger partial charge is 0.178 e. The van der Waals surface area contributed by atoms with Crippen molar-refractivity contribution in [2.24, 2.45) is 0 Å². The van der Waals surface area contributed by atoms with Crippen LogP contribution in [0.2, 0.25) is 10.0 Å². The van der Waals surface area contributed by atoms with Gasteiger partial charge in [0, 0.05) is 23.2 Å². The number of rotatable bonds is 4. The fourth-order valence-corrected chi connectivity index (χ4v) is 3.11. The van der Waals surface area contributed by atoms with Gasteiger partial charge in [-0.3, -0.25) is 9.69 Å². The van der Waals surface area contributed by atoms with Crippen molar-refractivity contribution in [1.29, 1.82) is 0 Å². The van der Waals surface area contributed by atoms with E-state index in [1.165, 1.54) is 6.42 Å². The maximum Gasteiger partial charge on any atom is 0.178 e. The van der Waals surface area contributed by atoms with E-state index in [0.29, 0.717) is 28.2 Å². The molecule has 0 amide bonds. The number of carbonyl (C=O) groups is 1. The molecule has 1 aliphatic heterocycles. The number of hydrogen-bond donors (Lipinski definition) is 0. The van der Waals surface area contributed by atoms with Gasteiger partial charge < -0.3 is 4.90 Å². The van der Waals surface area contributed by atoms with Crippen molar-refractivity contribution in [3.63, 3.8) is 0 Å². The molecular weight excluding hydrogens is 295 g/mol. The zero-order valence-corrected chi connectivity index (χ0v) is 13.4. The summed E-state index contributed by atoms with van der Waals surface area (Å²) in [6, 6.07) is 5.56. The summed E-state index contributed by atoms with van der Waals surface area (Å²) < 4.78 is 0. The highest BCUT2D eigenvalue weighted by Crippen LogP contribution is 2.22. The maximum atomic E-state index is 12.3. The molecule has 1 atom stereocenters. The largest absolute Gasteiger partial charge is 0.305 e. The van der Waals surface area contributed by atoms with Crippen LogP contribution in [0.5, 0.6) is 0 Å². The van der Waals surface area contributed by atoms with Crippen LogP contribution in [0, 0.1) is 0 Å². The van der Waals surface area contributed by atoms with Crippen LogP contribution in [0.1, 0.15) is 23.2 Å². The molecule has 1 aromatic carbocycles. The summed E-state index contributed by atoms with van der Waals surface area (Å²) in [6.45, 7) is 2.33. The average molecular weight is 315 g/mol.